The Labute approximate surface area is 144 Å². The Kier molecular flexibility index (Phi) is 4.98. The van der Waals surface area contributed by atoms with E-state index in [2.05, 4.69) is 9.97 Å². The van der Waals surface area contributed by atoms with Crippen LogP contribution in [-0.4, -0.2) is 32.9 Å². The molecule has 3 aromatic rings. The molecule has 0 aliphatic heterocycles. The van der Waals surface area contributed by atoms with Gasteiger partial charge in [0.05, 0.1) is 24.5 Å². The summed E-state index contributed by atoms with van der Waals surface area (Å²) in [5.41, 5.74) is 2.71. The standard InChI is InChI=1S/C18H17N3O2S/c1-21(18(23)16-9-5-8-14(11-22)19-16)10-15-12-24-17(20-15)13-6-3-2-4-7-13/h2-9,12,22H,10-11H2,1H3. The first-order valence-electron chi connectivity index (χ1n) is 7.49. The highest BCUT2D eigenvalue weighted by Crippen LogP contribution is 2.23. The number of nitrogens with zero attached hydrogens (tertiary/aromatic N) is 3. The molecule has 0 radical (unpaired) electrons. The summed E-state index contributed by atoms with van der Waals surface area (Å²) in [4.78, 5) is 22.8. The maximum absolute atomic E-state index is 12.5. The number of aliphatic hydroxyl groups is 1. The van der Waals surface area contributed by atoms with Gasteiger partial charge in [-0.1, -0.05) is 36.4 Å². The van der Waals surface area contributed by atoms with Crippen molar-refractivity contribution in [2.45, 2.75) is 13.2 Å². The Balaban J connectivity index is 1.71. The summed E-state index contributed by atoms with van der Waals surface area (Å²) < 4.78 is 0. The molecular weight excluding hydrogens is 322 g/mol. The van der Waals surface area contributed by atoms with Crippen LogP contribution in [0.15, 0.2) is 53.9 Å². The molecule has 1 N–H and O–H groups in total. The lowest BCUT2D eigenvalue weighted by Crippen LogP contribution is -2.27. The molecule has 0 bridgehead atoms. The van der Waals surface area contributed by atoms with E-state index in [0.717, 1.165) is 16.3 Å². The molecule has 5 nitrogen and oxygen atoms in total. The summed E-state index contributed by atoms with van der Waals surface area (Å²) in [7, 11) is 1.72. The van der Waals surface area contributed by atoms with Crippen LogP contribution in [0.5, 0.6) is 0 Å². The first-order valence-corrected chi connectivity index (χ1v) is 8.37. The molecule has 0 spiro atoms. The quantitative estimate of drug-likeness (QED) is 0.776. The van der Waals surface area contributed by atoms with Gasteiger partial charge < -0.3 is 10.0 Å². The normalized spacial score (nSPS) is 10.6. The summed E-state index contributed by atoms with van der Waals surface area (Å²) in [6.45, 7) is 0.227. The molecule has 0 unspecified atom stereocenters. The van der Waals surface area contributed by atoms with E-state index >= 15 is 0 Å². The van der Waals surface area contributed by atoms with Gasteiger partial charge in [-0.25, -0.2) is 9.97 Å². The largest absolute Gasteiger partial charge is 0.390 e. The van der Waals surface area contributed by atoms with Crippen LogP contribution in [0.2, 0.25) is 0 Å². The number of pyridine rings is 1. The third kappa shape index (κ3) is 3.67. The first-order chi connectivity index (χ1) is 11.7. The highest BCUT2D eigenvalue weighted by molar-refractivity contribution is 7.13. The highest BCUT2D eigenvalue weighted by atomic mass is 32.1. The van der Waals surface area contributed by atoms with E-state index in [1.54, 1.807) is 41.5 Å². The topological polar surface area (TPSA) is 66.3 Å². The Bertz CT molecular complexity index is 833. The van der Waals surface area contributed by atoms with E-state index in [4.69, 9.17) is 5.11 Å². The van der Waals surface area contributed by atoms with Crippen molar-refractivity contribution in [1.29, 1.82) is 0 Å². The van der Waals surface area contributed by atoms with Crippen LogP contribution in [0.3, 0.4) is 0 Å². The van der Waals surface area contributed by atoms with Crippen molar-refractivity contribution in [3.8, 4) is 10.6 Å². The fraction of sp³-hybridized carbons (Fsp3) is 0.167. The maximum Gasteiger partial charge on any atom is 0.272 e. The van der Waals surface area contributed by atoms with E-state index in [0.29, 0.717) is 17.9 Å². The van der Waals surface area contributed by atoms with Crippen molar-refractivity contribution in [2.75, 3.05) is 7.05 Å². The molecular formula is C18H17N3O2S. The lowest BCUT2D eigenvalue weighted by molar-refractivity contribution is 0.0777. The van der Waals surface area contributed by atoms with E-state index in [9.17, 15) is 4.79 Å². The molecule has 0 aliphatic carbocycles. The predicted molar refractivity (Wildman–Crippen MR) is 93.5 cm³/mol. The van der Waals surface area contributed by atoms with Gasteiger partial charge >= 0.3 is 0 Å². The average Bonchev–Trinajstić information content (AvgIpc) is 3.10. The third-order valence-electron chi connectivity index (χ3n) is 3.51. The van der Waals surface area contributed by atoms with Gasteiger partial charge in [-0.05, 0) is 12.1 Å². The number of aliphatic hydroxyl groups excluding tert-OH is 1. The molecule has 0 fully saturated rings. The maximum atomic E-state index is 12.5. The Morgan fingerprint density at radius 3 is 2.62 bits per heavy atom. The molecule has 2 heterocycles. The Morgan fingerprint density at radius 2 is 1.88 bits per heavy atom. The van der Waals surface area contributed by atoms with Crippen LogP contribution in [0.4, 0.5) is 0 Å². The molecule has 1 amide bonds. The highest BCUT2D eigenvalue weighted by Gasteiger charge is 2.15. The number of aromatic nitrogens is 2. The molecule has 1 aromatic carbocycles. The molecule has 0 atom stereocenters. The number of rotatable bonds is 5. The van der Waals surface area contributed by atoms with Crippen molar-refractivity contribution in [3.05, 3.63) is 71.0 Å². The average molecular weight is 339 g/mol. The van der Waals surface area contributed by atoms with Crippen molar-refractivity contribution < 1.29 is 9.90 Å². The summed E-state index contributed by atoms with van der Waals surface area (Å²) >= 11 is 1.56. The fourth-order valence-corrected chi connectivity index (χ4v) is 3.11. The summed E-state index contributed by atoms with van der Waals surface area (Å²) in [5, 5.41) is 12.0. The van der Waals surface area contributed by atoms with Crippen LogP contribution in [0.25, 0.3) is 10.6 Å². The zero-order valence-electron chi connectivity index (χ0n) is 13.2. The zero-order chi connectivity index (χ0) is 16.9. The van der Waals surface area contributed by atoms with Crippen molar-refractivity contribution in [3.63, 3.8) is 0 Å². The van der Waals surface area contributed by atoms with Crippen LogP contribution in [0, 0.1) is 0 Å². The molecule has 2 aromatic heterocycles. The molecule has 0 saturated heterocycles. The van der Waals surface area contributed by atoms with Gasteiger partial charge in [0.2, 0.25) is 0 Å². The van der Waals surface area contributed by atoms with E-state index in [1.165, 1.54) is 0 Å². The van der Waals surface area contributed by atoms with Gasteiger partial charge in [-0.2, -0.15) is 0 Å². The second kappa shape index (κ2) is 7.33. The van der Waals surface area contributed by atoms with Gasteiger partial charge in [0, 0.05) is 18.0 Å². The predicted octanol–water partition coefficient (Wildman–Crippen LogP) is 2.97. The molecule has 24 heavy (non-hydrogen) atoms. The van der Waals surface area contributed by atoms with E-state index < -0.39 is 0 Å². The monoisotopic (exact) mass is 339 g/mol. The second-order valence-electron chi connectivity index (χ2n) is 5.34. The summed E-state index contributed by atoms with van der Waals surface area (Å²) in [6.07, 6.45) is 0. The fourth-order valence-electron chi connectivity index (χ4n) is 2.29. The van der Waals surface area contributed by atoms with Gasteiger partial charge in [0.25, 0.3) is 5.91 Å². The minimum Gasteiger partial charge on any atom is -0.390 e. The number of amides is 1. The van der Waals surface area contributed by atoms with Gasteiger partial charge in [0.15, 0.2) is 0 Å². The minimum atomic E-state index is -0.195. The van der Waals surface area contributed by atoms with Gasteiger partial charge in [-0.15, -0.1) is 11.3 Å². The molecule has 6 heteroatoms. The van der Waals surface area contributed by atoms with Crippen molar-refractivity contribution in [1.82, 2.24) is 14.9 Å². The number of hydrogen-bond donors (Lipinski definition) is 1. The van der Waals surface area contributed by atoms with Crippen molar-refractivity contribution >= 4 is 17.2 Å². The summed E-state index contributed by atoms with van der Waals surface area (Å²) in [5.74, 6) is -0.195. The first kappa shape index (κ1) is 16.3. The Hall–Kier alpha value is -2.57. The number of thiazole rings is 1. The molecule has 0 aliphatic rings. The van der Waals surface area contributed by atoms with E-state index in [-0.39, 0.29) is 12.5 Å². The lowest BCUT2D eigenvalue weighted by Gasteiger charge is -2.15. The van der Waals surface area contributed by atoms with Crippen LogP contribution >= 0.6 is 11.3 Å². The van der Waals surface area contributed by atoms with Gasteiger partial charge in [-0.3, -0.25) is 4.79 Å². The smallest absolute Gasteiger partial charge is 0.272 e. The van der Waals surface area contributed by atoms with Crippen LogP contribution < -0.4 is 0 Å². The molecule has 3 rings (SSSR count). The number of carbonyl (C=O) groups excluding carboxylic acids is 1. The minimum absolute atomic E-state index is 0.183. The van der Waals surface area contributed by atoms with E-state index in [1.807, 2.05) is 35.7 Å². The third-order valence-corrected chi connectivity index (χ3v) is 4.45. The number of carbonyl (C=O) groups is 1. The van der Waals surface area contributed by atoms with Gasteiger partial charge in [0.1, 0.15) is 10.7 Å². The van der Waals surface area contributed by atoms with Crippen LogP contribution in [-0.2, 0) is 13.2 Å². The Morgan fingerprint density at radius 1 is 1.08 bits per heavy atom. The molecule has 0 saturated carbocycles. The number of benzene rings is 1. The van der Waals surface area contributed by atoms with Crippen LogP contribution in [0.1, 0.15) is 21.9 Å². The lowest BCUT2D eigenvalue weighted by atomic mass is 10.2. The second-order valence-corrected chi connectivity index (χ2v) is 6.20. The van der Waals surface area contributed by atoms with Crippen molar-refractivity contribution in [2.24, 2.45) is 0 Å². The summed E-state index contributed by atoms with van der Waals surface area (Å²) in [6, 6.07) is 15.0. The SMILES string of the molecule is CN(Cc1csc(-c2ccccc2)n1)C(=O)c1cccc(CO)n1. The molecule has 122 valence electrons. The number of hydrogen-bond acceptors (Lipinski definition) is 5. The zero-order valence-corrected chi connectivity index (χ0v) is 14.0.